The topological polar surface area (TPSA) is 66.5 Å². The summed E-state index contributed by atoms with van der Waals surface area (Å²) in [5, 5.41) is 2.59. The predicted molar refractivity (Wildman–Crippen MR) is 71.1 cm³/mol. The molecule has 0 radical (unpaired) electrons. The Morgan fingerprint density at radius 3 is 2.70 bits per heavy atom. The number of carbonyl (C=O) groups excluding carboxylic acids is 3. The predicted octanol–water partition coefficient (Wildman–Crippen LogP) is 1.19. The lowest BCUT2D eigenvalue weighted by atomic mass is 10.1. The van der Waals surface area contributed by atoms with Gasteiger partial charge in [-0.25, -0.2) is 4.39 Å². The molecule has 0 saturated carbocycles. The second-order valence-electron chi connectivity index (χ2n) is 4.71. The highest BCUT2D eigenvalue weighted by Crippen LogP contribution is 2.32. The summed E-state index contributed by atoms with van der Waals surface area (Å²) < 4.78 is 14.0. The molecule has 0 aliphatic carbocycles. The second-order valence-corrected chi connectivity index (χ2v) is 4.71. The van der Waals surface area contributed by atoms with Crippen LogP contribution in [0.3, 0.4) is 0 Å². The molecular formula is C14H15FN2O3. The second kappa shape index (κ2) is 5.40. The molecule has 1 aliphatic heterocycles. The third kappa shape index (κ3) is 2.41. The number of nitrogens with zero attached hydrogens (tertiary/aromatic N) is 1. The fourth-order valence-electron chi connectivity index (χ4n) is 2.14. The minimum atomic E-state index is -0.865. The van der Waals surface area contributed by atoms with Crippen molar-refractivity contribution in [3.8, 4) is 0 Å². The first kappa shape index (κ1) is 14.2. The van der Waals surface area contributed by atoms with Crippen molar-refractivity contribution in [3.05, 3.63) is 29.1 Å². The summed E-state index contributed by atoms with van der Waals surface area (Å²) in [7, 11) is 0. The van der Waals surface area contributed by atoms with Gasteiger partial charge in [0.2, 0.25) is 5.91 Å². The van der Waals surface area contributed by atoms with Crippen molar-refractivity contribution in [2.45, 2.75) is 20.3 Å². The number of carbonyl (C=O) groups is 3. The van der Waals surface area contributed by atoms with Crippen LogP contribution in [0.2, 0.25) is 0 Å². The molecule has 1 aromatic rings. The van der Waals surface area contributed by atoms with Gasteiger partial charge in [0.1, 0.15) is 12.4 Å². The third-order valence-electron chi connectivity index (χ3n) is 3.04. The van der Waals surface area contributed by atoms with Gasteiger partial charge in [-0.05, 0) is 31.0 Å². The number of hydrogen-bond acceptors (Lipinski definition) is 3. The Hall–Kier alpha value is -2.24. The van der Waals surface area contributed by atoms with E-state index in [9.17, 15) is 18.8 Å². The lowest BCUT2D eigenvalue weighted by Gasteiger charge is -2.16. The number of amides is 2. The first-order valence-electron chi connectivity index (χ1n) is 6.38. The highest BCUT2D eigenvalue weighted by atomic mass is 19.1. The largest absolute Gasteiger partial charge is 0.355 e. The molecule has 20 heavy (non-hydrogen) atoms. The van der Waals surface area contributed by atoms with Crippen LogP contribution in [0.15, 0.2) is 12.1 Å². The monoisotopic (exact) mass is 278 g/mol. The van der Waals surface area contributed by atoms with Crippen molar-refractivity contribution < 1.29 is 18.8 Å². The van der Waals surface area contributed by atoms with Gasteiger partial charge < -0.3 is 5.32 Å². The molecule has 0 unspecified atom stereocenters. The van der Waals surface area contributed by atoms with Gasteiger partial charge in [-0.15, -0.1) is 0 Å². The van der Waals surface area contributed by atoms with Crippen LogP contribution in [0, 0.1) is 12.7 Å². The molecule has 0 saturated heterocycles. The molecule has 6 heteroatoms. The zero-order valence-electron chi connectivity index (χ0n) is 11.3. The van der Waals surface area contributed by atoms with Gasteiger partial charge in [0.05, 0.1) is 11.3 Å². The maximum atomic E-state index is 14.0. The van der Waals surface area contributed by atoms with E-state index in [1.807, 2.05) is 6.92 Å². The van der Waals surface area contributed by atoms with E-state index in [2.05, 4.69) is 5.32 Å². The number of rotatable bonds is 4. The number of hydrogen-bond donors (Lipinski definition) is 1. The Balaban J connectivity index is 2.31. The number of Topliss-reactive ketones (excluding diaryl/α,β-unsaturated/α-hetero) is 1. The summed E-state index contributed by atoms with van der Waals surface area (Å²) in [6.45, 7) is 3.65. The number of benzene rings is 1. The van der Waals surface area contributed by atoms with E-state index in [1.54, 1.807) is 6.92 Å². The maximum Gasteiger partial charge on any atom is 0.300 e. The SMILES string of the molecule is CCCNC(=O)CN1C(=O)C(=O)c2cc(C)cc(F)c21. The molecule has 2 rings (SSSR count). The van der Waals surface area contributed by atoms with E-state index >= 15 is 0 Å². The normalized spacial score (nSPS) is 13.7. The molecule has 1 aromatic carbocycles. The van der Waals surface area contributed by atoms with Crippen molar-refractivity contribution in [2.75, 3.05) is 18.0 Å². The number of nitrogens with one attached hydrogen (secondary N) is 1. The van der Waals surface area contributed by atoms with E-state index in [1.165, 1.54) is 12.1 Å². The Morgan fingerprint density at radius 2 is 2.05 bits per heavy atom. The van der Waals surface area contributed by atoms with Crippen LogP contribution in [-0.4, -0.2) is 30.7 Å². The zero-order chi connectivity index (χ0) is 14.9. The van der Waals surface area contributed by atoms with Gasteiger partial charge in [-0.2, -0.15) is 0 Å². The van der Waals surface area contributed by atoms with Crippen molar-refractivity contribution in [2.24, 2.45) is 0 Å². The van der Waals surface area contributed by atoms with Crippen LogP contribution in [0.1, 0.15) is 29.3 Å². The van der Waals surface area contributed by atoms with Crippen molar-refractivity contribution >= 4 is 23.3 Å². The van der Waals surface area contributed by atoms with Crippen molar-refractivity contribution in [1.29, 1.82) is 0 Å². The Kier molecular flexibility index (Phi) is 3.83. The van der Waals surface area contributed by atoms with Gasteiger partial charge in [0, 0.05) is 6.54 Å². The first-order valence-corrected chi connectivity index (χ1v) is 6.38. The van der Waals surface area contributed by atoms with Gasteiger partial charge in [-0.3, -0.25) is 19.3 Å². The molecule has 1 heterocycles. The van der Waals surface area contributed by atoms with Crippen LogP contribution in [0.4, 0.5) is 10.1 Å². The van der Waals surface area contributed by atoms with E-state index in [0.717, 1.165) is 11.3 Å². The molecule has 0 fully saturated rings. The standard InChI is InChI=1S/C14H15FN2O3/c1-3-4-16-11(18)7-17-12-9(13(19)14(17)20)5-8(2)6-10(12)15/h5-6H,3-4,7H2,1-2H3,(H,16,18). The Labute approximate surface area is 115 Å². The molecule has 0 spiro atoms. The molecule has 0 atom stereocenters. The summed E-state index contributed by atoms with van der Waals surface area (Å²) in [5.41, 5.74) is 0.479. The molecule has 2 amide bonds. The maximum absolute atomic E-state index is 14.0. The molecule has 1 N–H and O–H groups in total. The molecule has 106 valence electrons. The van der Waals surface area contributed by atoms with Gasteiger partial charge in [0.15, 0.2) is 0 Å². The highest BCUT2D eigenvalue weighted by Gasteiger charge is 2.39. The number of halogens is 1. The summed E-state index contributed by atoms with van der Waals surface area (Å²) in [6, 6.07) is 2.70. The van der Waals surface area contributed by atoms with Crippen LogP contribution in [0.5, 0.6) is 0 Å². The zero-order valence-corrected chi connectivity index (χ0v) is 11.3. The Morgan fingerprint density at radius 1 is 1.35 bits per heavy atom. The van der Waals surface area contributed by atoms with E-state index in [4.69, 9.17) is 0 Å². The minimum absolute atomic E-state index is 0.0239. The third-order valence-corrected chi connectivity index (χ3v) is 3.04. The summed E-state index contributed by atoms with van der Waals surface area (Å²) >= 11 is 0. The average molecular weight is 278 g/mol. The number of fused-ring (bicyclic) bond motifs is 1. The lowest BCUT2D eigenvalue weighted by Crippen LogP contribution is -2.40. The Bertz CT molecular complexity index is 598. The van der Waals surface area contributed by atoms with Crippen LogP contribution in [0.25, 0.3) is 0 Å². The van der Waals surface area contributed by atoms with Crippen LogP contribution in [-0.2, 0) is 9.59 Å². The van der Waals surface area contributed by atoms with Crippen molar-refractivity contribution in [3.63, 3.8) is 0 Å². The number of ketones is 1. The molecule has 1 aliphatic rings. The van der Waals surface area contributed by atoms with Gasteiger partial charge in [0.25, 0.3) is 11.7 Å². The van der Waals surface area contributed by atoms with E-state index < -0.39 is 23.4 Å². The number of anilines is 1. The van der Waals surface area contributed by atoms with E-state index in [0.29, 0.717) is 12.1 Å². The lowest BCUT2D eigenvalue weighted by molar-refractivity contribution is -0.122. The van der Waals surface area contributed by atoms with Gasteiger partial charge in [-0.1, -0.05) is 6.92 Å². The smallest absolute Gasteiger partial charge is 0.300 e. The van der Waals surface area contributed by atoms with Crippen LogP contribution < -0.4 is 10.2 Å². The fourth-order valence-corrected chi connectivity index (χ4v) is 2.14. The van der Waals surface area contributed by atoms with Crippen LogP contribution >= 0.6 is 0 Å². The summed E-state index contributed by atoms with van der Waals surface area (Å²) in [4.78, 5) is 36.2. The molecule has 0 bridgehead atoms. The highest BCUT2D eigenvalue weighted by molar-refractivity contribution is 6.52. The minimum Gasteiger partial charge on any atom is -0.355 e. The van der Waals surface area contributed by atoms with E-state index in [-0.39, 0.29) is 17.8 Å². The first-order chi connectivity index (χ1) is 9.45. The quantitative estimate of drug-likeness (QED) is 0.841. The molecular weight excluding hydrogens is 263 g/mol. The summed E-state index contributed by atoms with van der Waals surface area (Å²) in [5.74, 6) is -2.72. The average Bonchev–Trinajstić information content (AvgIpc) is 2.62. The summed E-state index contributed by atoms with van der Waals surface area (Å²) in [6.07, 6.45) is 0.753. The van der Waals surface area contributed by atoms with Gasteiger partial charge >= 0.3 is 0 Å². The van der Waals surface area contributed by atoms with Crippen molar-refractivity contribution in [1.82, 2.24) is 5.32 Å². The molecule has 0 aromatic heterocycles. The fraction of sp³-hybridized carbons (Fsp3) is 0.357. The molecule has 5 nitrogen and oxygen atoms in total. The number of aryl methyl sites for hydroxylation is 1.